The molecule has 11 heavy (non-hydrogen) atoms. The molecule has 0 heterocycles. The molecule has 0 aliphatic rings. The van der Waals surface area contributed by atoms with Crippen molar-refractivity contribution in [2.75, 3.05) is 0 Å². The average Bonchev–Trinajstić information content (AvgIpc) is 1.85. The van der Waals surface area contributed by atoms with Crippen LogP contribution in [0.3, 0.4) is 0 Å². The molecule has 4 N–H and O–H groups in total. The molecule has 1 aromatic carbocycles. The zero-order valence-corrected chi connectivity index (χ0v) is 6.39. The lowest BCUT2D eigenvalue weighted by molar-refractivity contribution is 0.475. The molecule has 58 valence electrons. The van der Waals surface area contributed by atoms with Gasteiger partial charge in [-0.15, -0.1) is 0 Å². The van der Waals surface area contributed by atoms with Gasteiger partial charge in [0.25, 0.3) is 0 Å². The Bertz CT molecular complexity index is 298. The van der Waals surface area contributed by atoms with E-state index in [1.807, 2.05) is 0 Å². The molecule has 0 aromatic heterocycles. The van der Waals surface area contributed by atoms with E-state index in [0.717, 1.165) is 0 Å². The summed E-state index contributed by atoms with van der Waals surface area (Å²) in [7, 11) is 0. The first kappa shape index (κ1) is 7.88. The molecule has 0 aliphatic heterocycles. The second kappa shape index (κ2) is 2.80. The SMILES string of the molecule is N=C(N)c1ccc(O)cc1Cl. The largest absolute Gasteiger partial charge is 0.508 e. The van der Waals surface area contributed by atoms with Crippen molar-refractivity contribution in [3.05, 3.63) is 28.8 Å². The van der Waals surface area contributed by atoms with Crippen LogP contribution in [0.25, 0.3) is 0 Å². The molecule has 0 saturated carbocycles. The van der Waals surface area contributed by atoms with Crippen LogP contribution in [0.4, 0.5) is 0 Å². The van der Waals surface area contributed by atoms with E-state index in [-0.39, 0.29) is 16.6 Å². The molecule has 4 heteroatoms. The van der Waals surface area contributed by atoms with Crippen molar-refractivity contribution < 1.29 is 5.11 Å². The van der Waals surface area contributed by atoms with Gasteiger partial charge in [-0.3, -0.25) is 5.41 Å². The molecule has 0 aliphatic carbocycles. The highest BCUT2D eigenvalue weighted by Gasteiger charge is 2.02. The Balaban J connectivity index is 3.20. The van der Waals surface area contributed by atoms with E-state index >= 15 is 0 Å². The van der Waals surface area contributed by atoms with Gasteiger partial charge >= 0.3 is 0 Å². The number of amidine groups is 1. The van der Waals surface area contributed by atoms with E-state index in [1.54, 1.807) is 0 Å². The summed E-state index contributed by atoms with van der Waals surface area (Å²) < 4.78 is 0. The summed E-state index contributed by atoms with van der Waals surface area (Å²) in [6.07, 6.45) is 0. The number of halogens is 1. The maximum absolute atomic E-state index is 8.92. The number of rotatable bonds is 1. The standard InChI is InChI=1S/C7H7ClN2O/c8-6-3-4(11)1-2-5(6)7(9)10/h1-3,11H,(H3,9,10). The van der Waals surface area contributed by atoms with Gasteiger partial charge in [0, 0.05) is 5.56 Å². The first-order valence-electron chi connectivity index (χ1n) is 2.94. The minimum absolute atomic E-state index is 0.0694. The van der Waals surface area contributed by atoms with Gasteiger partial charge in [-0.1, -0.05) is 11.6 Å². The lowest BCUT2D eigenvalue weighted by atomic mass is 10.2. The van der Waals surface area contributed by atoms with E-state index in [1.165, 1.54) is 18.2 Å². The summed E-state index contributed by atoms with van der Waals surface area (Å²) in [6, 6.07) is 4.28. The lowest BCUT2D eigenvalue weighted by Gasteiger charge is -2.00. The predicted octanol–water partition coefficient (Wildman–Crippen LogP) is 1.33. The van der Waals surface area contributed by atoms with Crippen molar-refractivity contribution in [2.24, 2.45) is 5.73 Å². The summed E-state index contributed by atoms with van der Waals surface area (Å²) in [5.74, 6) is -0.0324. The van der Waals surface area contributed by atoms with Crippen molar-refractivity contribution in [3.8, 4) is 5.75 Å². The second-order valence-electron chi connectivity index (χ2n) is 2.08. The molecule has 0 spiro atoms. The molecule has 3 nitrogen and oxygen atoms in total. The van der Waals surface area contributed by atoms with Crippen molar-refractivity contribution in [2.45, 2.75) is 0 Å². The Morgan fingerprint density at radius 3 is 2.64 bits per heavy atom. The summed E-state index contributed by atoms with van der Waals surface area (Å²) in [6.45, 7) is 0. The van der Waals surface area contributed by atoms with Crippen LogP contribution in [-0.2, 0) is 0 Å². The quantitative estimate of drug-likeness (QED) is 0.440. The monoisotopic (exact) mass is 170 g/mol. The van der Waals surface area contributed by atoms with Gasteiger partial charge < -0.3 is 10.8 Å². The Hall–Kier alpha value is -1.22. The maximum atomic E-state index is 8.92. The van der Waals surface area contributed by atoms with E-state index in [9.17, 15) is 0 Å². The number of aromatic hydroxyl groups is 1. The van der Waals surface area contributed by atoms with Crippen LogP contribution in [0, 0.1) is 5.41 Å². The predicted molar refractivity (Wildman–Crippen MR) is 44.1 cm³/mol. The number of nitrogens with two attached hydrogens (primary N) is 1. The van der Waals surface area contributed by atoms with Crippen LogP contribution in [0.1, 0.15) is 5.56 Å². The van der Waals surface area contributed by atoms with Crippen LogP contribution >= 0.6 is 11.6 Å². The lowest BCUT2D eigenvalue weighted by Crippen LogP contribution is -2.11. The number of hydrogen-bond donors (Lipinski definition) is 3. The molecule has 0 radical (unpaired) electrons. The van der Waals surface area contributed by atoms with Gasteiger partial charge in [-0.25, -0.2) is 0 Å². The van der Waals surface area contributed by atoms with Crippen molar-refractivity contribution >= 4 is 17.4 Å². The second-order valence-corrected chi connectivity index (χ2v) is 2.49. The van der Waals surface area contributed by atoms with Crippen LogP contribution < -0.4 is 5.73 Å². The normalized spacial score (nSPS) is 9.55. The molecular weight excluding hydrogens is 164 g/mol. The van der Waals surface area contributed by atoms with Gasteiger partial charge in [-0.05, 0) is 18.2 Å². The van der Waals surface area contributed by atoms with Gasteiger partial charge in [-0.2, -0.15) is 0 Å². The average molecular weight is 171 g/mol. The number of nitrogens with one attached hydrogen (secondary N) is 1. The molecule has 0 bridgehead atoms. The number of hydrogen-bond acceptors (Lipinski definition) is 2. The summed E-state index contributed by atoms with van der Waals surface area (Å²) >= 11 is 5.64. The van der Waals surface area contributed by atoms with Crippen LogP contribution in [0.2, 0.25) is 5.02 Å². The third-order valence-corrected chi connectivity index (χ3v) is 1.56. The Morgan fingerprint density at radius 2 is 2.18 bits per heavy atom. The van der Waals surface area contributed by atoms with Crippen molar-refractivity contribution in [1.82, 2.24) is 0 Å². The molecular formula is C7H7ClN2O. The number of phenolic OH excluding ortho intramolecular Hbond substituents is 1. The molecule has 0 saturated heterocycles. The Kier molecular flexibility index (Phi) is 2.01. The van der Waals surface area contributed by atoms with Crippen LogP contribution in [0.15, 0.2) is 18.2 Å². The zero-order valence-electron chi connectivity index (χ0n) is 5.63. The molecule has 0 atom stereocenters. The summed E-state index contributed by atoms with van der Waals surface area (Å²) in [5.41, 5.74) is 5.62. The fourth-order valence-corrected chi connectivity index (χ4v) is 0.999. The minimum Gasteiger partial charge on any atom is -0.508 e. The first-order chi connectivity index (χ1) is 5.11. The third-order valence-electron chi connectivity index (χ3n) is 1.24. The van der Waals surface area contributed by atoms with E-state index in [4.69, 9.17) is 27.9 Å². The van der Waals surface area contributed by atoms with E-state index < -0.39 is 0 Å². The van der Waals surface area contributed by atoms with E-state index in [2.05, 4.69) is 0 Å². The fraction of sp³-hybridized carbons (Fsp3) is 0. The van der Waals surface area contributed by atoms with Gasteiger partial charge in [0.1, 0.15) is 11.6 Å². The minimum atomic E-state index is -0.102. The first-order valence-corrected chi connectivity index (χ1v) is 3.32. The Morgan fingerprint density at radius 1 is 1.55 bits per heavy atom. The summed E-state index contributed by atoms with van der Waals surface area (Å²) in [5, 5.41) is 16.3. The Labute approximate surface area is 68.9 Å². The molecule has 1 rings (SSSR count). The fourth-order valence-electron chi connectivity index (χ4n) is 0.722. The van der Waals surface area contributed by atoms with E-state index in [0.29, 0.717) is 5.56 Å². The molecule has 0 unspecified atom stereocenters. The maximum Gasteiger partial charge on any atom is 0.124 e. The smallest absolute Gasteiger partial charge is 0.124 e. The highest BCUT2D eigenvalue weighted by atomic mass is 35.5. The van der Waals surface area contributed by atoms with Crippen molar-refractivity contribution in [1.29, 1.82) is 5.41 Å². The zero-order chi connectivity index (χ0) is 8.43. The van der Waals surface area contributed by atoms with Crippen LogP contribution in [0.5, 0.6) is 5.75 Å². The number of phenols is 1. The van der Waals surface area contributed by atoms with Gasteiger partial charge in [0.15, 0.2) is 0 Å². The molecule has 0 amide bonds. The summed E-state index contributed by atoms with van der Waals surface area (Å²) in [4.78, 5) is 0. The highest BCUT2D eigenvalue weighted by Crippen LogP contribution is 2.20. The van der Waals surface area contributed by atoms with Crippen LogP contribution in [-0.4, -0.2) is 10.9 Å². The highest BCUT2D eigenvalue weighted by molar-refractivity contribution is 6.34. The van der Waals surface area contributed by atoms with Gasteiger partial charge in [0.05, 0.1) is 5.02 Å². The topological polar surface area (TPSA) is 70.1 Å². The third kappa shape index (κ3) is 1.62. The van der Waals surface area contributed by atoms with Crippen molar-refractivity contribution in [3.63, 3.8) is 0 Å². The van der Waals surface area contributed by atoms with Gasteiger partial charge in [0.2, 0.25) is 0 Å². The number of nitrogen functional groups attached to an aromatic ring is 1. The molecule has 1 aromatic rings. The number of benzene rings is 1. The molecule has 0 fully saturated rings.